The second-order valence-electron chi connectivity index (χ2n) is 12.0. The van der Waals surface area contributed by atoms with Crippen LogP contribution < -0.4 is 0 Å². The summed E-state index contributed by atoms with van der Waals surface area (Å²) in [5.74, 6) is -0.714. The lowest BCUT2D eigenvalue weighted by molar-refractivity contribution is -0.143. The highest BCUT2D eigenvalue weighted by Crippen LogP contribution is 2.39. The average Bonchev–Trinajstić information content (AvgIpc) is 3.36. The maximum absolute atomic E-state index is 13.7. The van der Waals surface area contributed by atoms with Gasteiger partial charge in [-0.1, -0.05) is 29.3 Å². The minimum Gasteiger partial charge on any atom is -0.343 e. The summed E-state index contributed by atoms with van der Waals surface area (Å²) in [6.45, 7) is 2.95. The van der Waals surface area contributed by atoms with Crippen molar-refractivity contribution in [3.63, 3.8) is 0 Å². The number of nitrogens with zero attached hydrogens (tertiary/aromatic N) is 4. The van der Waals surface area contributed by atoms with Crippen LogP contribution in [0.15, 0.2) is 36.4 Å². The first-order chi connectivity index (χ1) is 21.5. The fourth-order valence-corrected chi connectivity index (χ4v) is 6.98. The van der Waals surface area contributed by atoms with Gasteiger partial charge >= 0.3 is 18.4 Å². The van der Waals surface area contributed by atoms with E-state index in [-0.39, 0.29) is 59.9 Å². The van der Waals surface area contributed by atoms with E-state index in [4.69, 9.17) is 23.2 Å². The lowest BCUT2D eigenvalue weighted by Gasteiger charge is -2.44. The van der Waals surface area contributed by atoms with E-state index in [9.17, 15) is 40.7 Å². The molecule has 3 heterocycles. The molecule has 0 N–H and O–H groups in total. The molecule has 250 valence electrons. The number of alkyl halides is 6. The monoisotopic (exact) mass is 692 g/mol. The summed E-state index contributed by atoms with van der Waals surface area (Å²) in [4.78, 5) is 45.3. The Kier molecular flexibility index (Phi) is 9.75. The molecule has 5 rings (SSSR count). The van der Waals surface area contributed by atoms with E-state index in [0.717, 1.165) is 5.56 Å². The van der Waals surface area contributed by atoms with Crippen molar-refractivity contribution in [3.05, 3.63) is 68.7 Å². The molecule has 0 spiro atoms. The Morgan fingerprint density at radius 3 is 1.98 bits per heavy atom. The molecule has 0 aromatic heterocycles. The zero-order valence-electron chi connectivity index (χ0n) is 24.8. The van der Waals surface area contributed by atoms with E-state index in [1.54, 1.807) is 32.9 Å². The van der Waals surface area contributed by atoms with Crippen molar-refractivity contribution in [1.82, 2.24) is 19.6 Å². The van der Waals surface area contributed by atoms with Gasteiger partial charge in [0, 0.05) is 70.6 Å². The first kappa shape index (κ1) is 34.2. The lowest BCUT2D eigenvalue weighted by Crippen LogP contribution is -2.54. The van der Waals surface area contributed by atoms with Crippen LogP contribution in [0.4, 0.5) is 31.1 Å². The SMILES string of the molecule is CC(=O)N1CCC(C(=O)N2CC[C@@H](N3CCN(Cc4cc(C(F)(F)F)cc(C(F)(F)F)c4)C3=O)[C@H](c3ccc(Cl)c(Cl)c3)C2)CC1. The van der Waals surface area contributed by atoms with Gasteiger partial charge in [0.25, 0.3) is 0 Å². The number of halogens is 8. The number of hydrogen-bond donors (Lipinski definition) is 0. The molecule has 7 nitrogen and oxygen atoms in total. The molecule has 0 saturated carbocycles. The van der Waals surface area contributed by atoms with E-state index >= 15 is 0 Å². The van der Waals surface area contributed by atoms with Crippen molar-refractivity contribution in [2.45, 2.75) is 57.0 Å². The zero-order chi connectivity index (χ0) is 33.6. The van der Waals surface area contributed by atoms with Crippen LogP contribution in [-0.2, 0) is 28.5 Å². The molecule has 3 fully saturated rings. The van der Waals surface area contributed by atoms with Gasteiger partial charge in [0.05, 0.1) is 21.2 Å². The van der Waals surface area contributed by atoms with E-state index in [1.165, 1.54) is 11.8 Å². The van der Waals surface area contributed by atoms with Gasteiger partial charge < -0.3 is 19.6 Å². The number of urea groups is 1. The van der Waals surface area contributed by atoms with Crippen molar-refractivity contribution < 1.29 is 40.7 Å². The van der Waals surface area contributed by atoms with Gasteiger partial charge in [0.2, 0.25) is 11.8 Å². The lowest BCUT2D eigenvalue weighted by atomic mass is 9.84. The van der Waals surface area contributed by atoms with Crippen LogP contribution in [-0.4, -0.2) is 82.8 Å². The molecule has 3 aliphatic rings. The number of likely N-dealkylation sites (tertiary alicyclic amines) is 2. The molecular weight excluding hydrogens is 661 g/mol. The minimum atomic E-state index is -5.00. The molecule has 3 aliphatic heterocycles. The Labute approximate surface area is 272 Å². The third-order valence-corrected chi connectivity index (χ3v) is 9.84. The minimum absolute atomic E-state index is 0.0360. The zero-order valence-corrected chi connectivity index (χ0v) is 26.3. The van der Waals surface area contributed by atoms with Crippen LogP contribution in [0.2, 0.25) is 10.0 Å². The normalized spacial score (nSPS) is 21.7. The maximum atomic E-state index is 13.7. The highest BCUT2D eigenvalue weighted by molar-refractivity contribution is 6.42. The van der Waals surface area contributed by atoms with Gasteiger partial charge in [-0.05, 0) is 60.7 Å². The first-order valence-electron chi connectivity index (χ1n) is 14.9. The predicted octanol–water partition coefficient (Wildman–Crippen LogP) is 6.91. The molecule has 0 bridgehead atoms. The van der Waals surface area contributed by atoms with Gasteiger partial charge in [-0.3, -0.25) is 9.59 Å². The third-order valence-electron chi connectivity index (χ3n) is 9.10. The first-order valence-corrected chi connectivity index (χ1v) is 15.6. The molecule has 0 unspecified atom stereocenters. The summed E-state index contributed by atoms with van der Waals surface area (Å²) < 4.78 is 80.6. The van der Waals surface area contributed by atoms with Gasteiger partial charge in [-0.25, -0.2) is 4.79 Å². The van der Waals surface area contributed by atoms with Gasteiger partial charge in [0.1, 0.15) is 0 Å². The Hall–Kier alpha value is -3.19. The van der Waals surface area contributed by atoms with E-state index < -0.39 is 42.1 Å². The van der Waals surface area contributed by atoms with Crippen molar-refractivity contribution in [3.8, 4) is 0 Å². The van der Waals surface area contributed by atoms with Crippen LogP contribution in [0, 0.1) is 5.92 Å². The van der Waals surface area contributed by atoms with Crippen LogP contribution in [0.1, 0.15) is 54.4 Å². The van der Waals surface area contributed by atoms with E-state index in [1.807, 2.05) is 0 Å². The summed E-state index contributed by atoms with van der Waals surface area (Å²) in [5, 5.41) is 0.614. The molecule has 2 aromatic carbocycles. The number of amides is 4. The molecule has 2 aromatic rings. The number of rotatable bonds is 5. The fraction of sp³-hybridized carbons (Fsp3) is 0.516. The molecule has 3 saturated heterocycles. The summed E-state index contributed by atoms with van der Waals surface area (Å²) in [5.41, 5.74) is -2.43. The average molecular weight is 694 g/mol. The Morgan fingerprint density at radius 2 is 1.41 bits per heavy atom. The van der Waals surface area contributed by atoms with Crippen molar-refractivity contribution in [2.75, 3.05) is 39.3 Å². The molecule has 0 radical (unpaired) electrons. The Bertz CT molecular complexity index is 1460. The van der Waals surface area contributed by atoms with E-state index in [0.29, 0.717) is 56.1 Å². The molecule has 46 heavy (non-hydrogen) atoms. The predicted molar refractivity (Wildman–Crippen MR) is 158 cm³/mol. The molecule has 2 atom stereocenters. The number of carbonyl (C=O) groups is 3. The summed E-state index contributed by atoms with van der Waals surface area (Å²) in [7, 11) is 0. The number of hydrogen-bond acceptors (Lipinski definition) is 3. The molecule has 15 heteroatoms. The van der Waals surface area contributed by atoms with Crippen molar-refractivity contribution in [1.29, 1.82) is 0 Å². The summed E-state index contributed by atoms with van der Waals surface area (Å²) >= 11 is 12.5. The van der Waals surface area contributed by atoms with Gasteiger partial charge in [-0.15, -0.1) is 0 Å². The second-order valence-corrected chi connectivity index (χ2v) is 12.8. The van der Waals surface area contributed by atoms with Crippen LogP contribution >= 0.6 is 23.2 Å². The highest BCUT2D eigenvalue weighted by Gasteiger charge is 2.43. The smallest absolute Gasteiger partial charge is 0.343 e. The van der Waals surface area contributed by atoms with Crippen LogP contribution in [0.25, 0.3) is 0 Å². The standard InChI is InChI=1S/C31H32Cl2F6N4O3/c1-18(44)40-7-4-20(5-8-40)28(45)41-9-6-27(24(17-41)21-2-3-25(32)26(33)14-21)43-11-10-42(29(43)46)16-19-12-22(30(34,35)36)15-23(13-19)31(37,38)39/h2-3,12-15,20,24,27H,4-11,16-17H2,1H3/t24-,27+/m0/s1. The van der Waals surface area contributed by atoms with Crippen molar-refractivity contribution in [2.24, 2.45) is 5.92 Å². The quantitative estimate of drug-likeness (QED) is 0.320. The summed E-state index contributed by atoms with van der Waals surface area (Å²) in [6, 6.07) is 5.46. The second kappa shape index (κ2) is 13.1. The summed E-state index contributed by atoms with van der Waals surface area (Å²) in [6.07, 6.45) is -8.52. The Balaban J connectivity index is 1.36. The molecule has 0 aliphatic carbocycles. The topological polar surface area (TPSA) is 64.2 Å². The van der Waals surface area contributed by atoms with Crippen molar-refractivity contribution >= 4 is 41.0 Å². The fourth-order valence-electron chi connectivity index (χ4n) is 6.67. The van der Waals surface area contributed by atoms with Crippen LogP contribution in [0.3, 0.4) is 0 Å². The number of benzene rings is 2. The van der Waals surface area contributed by atoms with E-state index in [2.05, 4.69) is 0 Å². The number of piperidine rings is 2. The van der Waals surface area contributed by atoms with Gasteiger partial charge in [-0.2, -0.15) is 26.3 Å². The number of carbonyl (C=O) groups excluding carboxylic acids is 3. The molecule has 4 amide bonds. The Morgan fingerprint density at radius 1 is 0.804 bits per heavy atom. The maximum Gasteiger partial charge on any atom is 0.416 e. The van der Waals surface area contributed by atoms with Crippen LogP contribution in [0.5, 0.6) is 0 Å². The largest absolute Gasteiger partial charge is 0.416 e. The molecular formula is C31H32Cl2F6N4O3. The third kappa shape index (κ3) is 7.35. The highest BCUT2D eigenvalue weighted by atomic mass is 35.5. The van der Waals surface area contributed by atoms with Gasteiger partial charge in [0.15, 0.2) is 0 Å².